The highest BCUT2D eigenvalue weighted by Crippen LogP contribution is 2.32. The lowest BCUT2D eigenvalue weighted by atomic mass is 10.0. The summed E-state index contributed by atoms with van der Waals surface area (Å²) in [6.07, 6.45) is 1.93. The summed E-state index contributed by atoms with van der Waals surface area (Å²) < 4.78 is 54.0. The van der Waals surface area contributed by atoms with Crippen LogP contribution >= 0.6 is 0 Å². The first-order valence-electron chi connectivity index (χ1n) is 8.72. The largest absolute Gasteiger partial charge is 0.322 e. The molecule has 144 valence electrons. The fourth-order valence-corrected chi connectivity index (χ4v) is 4.80. The number of hydrogen-bond acceptors (Lipinski definition) is 3. The second-order valence-electron chi connectivity index (χ2n) is 6.39. The van der Waals surface area contributed by atoms with Gasteiger partial charge >= 0.3 is 0 Å². The first-order valence-corrected chi connectivity index (χ1v) is 10.3. The maximum absolute atomic E-state index is 13.8. The van der Waals surface area contributed by atoms with Crippen LogP contribution in [0, 0.1) is 11.6 Å². The Bertz CT molecular complexity index is 957. The van der Waals surface area contributed by atoms with Crippen molar-refractivity contribution in [2.24, 2.45) is 0 Å². The number of anilines is 2. The van der Waals surface area contributed by atoms with Crippen LogP contribution in [0.3, 0.4) is 0 Å². The van der Waals surface area contributed by atoms with Crippen LogP contribution in [-0.2, 0) is 16.4 Å². The minimum absolute atomic E-state index is 0.0312. The van der Waals surface area contributed by atoms with E-state index in [1.54, 1.807) is 25.1 Å². The van der Waals surface area contributed by atoms with E-state index in [9.17, 15) is 22.0 Å². The smallest absolute Gasteiger partial charge is 0.261 e. The van der Waals surface area contributed by atoms with E-state index >= 15 is 0 Å². The molecule has 1 N–H and O–H groups in total. The Labute approximate surface area is 157 Å². The van der Waals surface area contributed by atoms with E-state index in [1.807, 2.05) is 0 Å². The Morgan fingerprint density at radius 1 is 1.19 bits per heavy atom. The lowest BCUT2D eigenvalue weighted by molar-refractivity contribution is 0.101. The molecule has 1 heterocycles. The van der Waals surface area contributed by atoms with Crippen molar-refractivity contribution in [2.75, 3.05) is 21.9 Å². The van der Waals surface area contributed by atoms with Crippen LogP contribution in [0.5, 0.6) is 0 Å². The number of nitrogens with zero attached hydrogens (tertiary/aromatic N) is 1. The molecule has 8 heteroatoms. The highest BCUT2D eigenvalue weighted by atomic mass is 32.2. The van der Waals surface area contributed by atoms with Gasteiger partial charge in [0.2, 0.25) is 10.0 Å². The third kappa shape index (κ3) is 3.95. The van der Waals surface area contributed by atoms with Crippen LogP contribution in [0.25, 0.3) is 0 Å². The maximum Gasteiger partial charge on any atom is 0.261 e. The average Bonchev–Trinajstić information content (AvgIpc) is 2.61. The number of carbonyl (C=O) groups excluding carboxylic acids is 1. The molecule has 1 amide bonds. The van der Waals surface area contributed by atoms with Crippen molar-refractivity contribution in [2.45, 2.75) is 26.2 Å². The fourth-order valence-electron chi connectivity index (χ4n) is 3.18. The number of hydrogen-bond donors (Lipinski definition) is 1. The molecule has 0 aromatic heterocycles. The molecule has 0 spiro atoms. The van der Waals surface area contributed by atoms with E-state index in [0.29, 0.717) is 25.1 Å². The molecule has 0 saturated carbocycles. The predicted octanol–water partition coefficient (Wildman–Crippen LogP) is 3.71. The van der Waals surface area contributed by atoms with Gasteiger partial charge in [-0.3, -0.25) is 9.10 Å². The maximum atomic E-state index is 13.8. The minimum Gasteiger partial charge on any atom is -0.322 e. The van der Waals surface area contributed by atoms with Gasteiger partial charge in [0.15, 0.2) is 0 Å². The zero-order chi connectivity index (χ0) is 19.6. The summed E-state index contributed by atoms with van der Waals surface area (Å²) in [5.74, 6) is -2.82. The zero-order valence-electron chi connectivity index (χ0n) is 14.8. The molecule has 0 unspecified atom stereocenters. The third-order valence-corrected chi connectivity index (χ3v) is 6.38. The molecule has 2 aromatic carbocycles. The first kappa shape index (κ1) is 19.3. The molecular formula is C19H20F2N2O3S. The normalized spacial score (nSPS) is 14.0. The van der Waals surface area contributed by atoms with Crippen LogP contribution < -0.4 is 9.62 Å². The molecule has 0 bridgehead atoms. The van der Waals surface area contributed by atoms with Crippen LogP contribution in [0.1, 0.15) is 35.7 Å². The molecule has 5 nitrogen and oxygen atoms in total. The fraction of sp³-hybridized carbons (Fsp3) is 0.316. The predicted molar refractivity (Wildman–Crippen MR) is 100 cm³/mol. The van der Waals surface area contributed by atoms with Gasteiger partial charge in [-0.2, -0.15) is 0 Å². The van der Waals surface area contributed by atoms with E-state index in [1.165, 1.54) is 10.4 Å². The molecule has 3 rings (SSSR count). The molecule has 27 heavy (non-hydrogen) atoms. The van der Waals surface area contributed by atoms with Crippen LogP contribution in [-0.4, -0.2) is 26.6 Å². The van der Waals surface area contributed by atoms with E-state index in [4.69, 9.17) is 0 Å². The molecule has 2 aromatic rings. The number of nitrogens with one attached hydrogen (secondary N) is 1. The Balaban J connectivity index is 1.92. The summed E-state index contributed by atoms with van der Waals surface area (Å²) in [5, 5.41) is 2.45. The van der Waals surface area contributed by atoms with Crippen LogP contribution in [0.4, 0.5) is 20.2 Å². The van der Waals surface area contributed by atoms with Gasteiger partial charge in [-0.25, -0.2) is 17.2 Å². The molecule has 0 atom stereocenters. The molecule has 1 aliphatic rings. The minimum atomic E-state index is -3.46. The van der Waals surface area contributed by atoms with Crippen molar-refractivity contribution in [1.29, 1.82) is 0 Å². The van der Waals surface area contributed by atoms with E-state index in [-0.39, 0.29) is 11.4 Å². The number of carbonyl (C=O) groups is 1. The van der Waals surface area contributed by atoms with E-state index in [0.717, 1.165) is 24.1 Å². The van der Waals surface area contributed by atoms with Gasteiger partial charge in [0, 0.05) is 12.2 Å². The zero-order valence-corrected chi connectivity index (χ0v) is 15.7. The van der Waals surface area contributed by atoms with E-state index < -0.39 is 33.1 Å². The van der Waals surface area contributed by atoms with Crippen LogP contribution in [0.15, 0.2) is 36.4 Å². The lowest BCUT2D eigenvalue weighted by Gasteiger charge is -2.31. The molecule has 1 aliphatic heterocycles. The van der Waals surface area contributed by atoms with Gasteiger partial charge in [0.25, 0.3) is 5.91 Å². The molecule has 0 aliphatic carbocycles. The Morgan fingerprint density at radius 2 is 1.89 bits per heavy atom. The quantitative estimate of drug-likeness (QED) is 0.841. The third-order valence-electron chi connectivity index (χ3n) is 4.41. The van der Waals surface area contributed by atoms with Gasteiger partial charge in [-0.1, -0.05) is 19.1 Å². The van der Waals surface area contributed by atoms with Gasteiger partial charge in [-0.05, 0) is 49.1 Å². The van der Waals surface area contributed by atoms with Crippen molar-refractivity contribution in [1.82, 2.24) is 0 Å². The topological polar surface area (TPSA) is 66.5 Å². The number of benzene rings is 2. The van der Waals surface area contributed by atoms with Crippen molar-refractivity contribution >= 4 is 27.3 Å². The Morgan fingerprint density at radius 3 is 2.56 bits per heavy atom. The molecule has 0 fully saturated rings. The van der Waals surface area contributed by atoms with Crippen molar-refractivity contribution in [3.8, 4) is 0 Å². The second kappa shape index (κ2) is 7.64. The number of aryl methyl sites for hydroxylation is 1. The summed E-state index contributed by atoms with van der Waals surface area (Å²) in [6.45, 7) is 2.16. The van der Waals surface area contributed by atoms with Crippen molar-refractivity contribution in [3.05, 3.63) is 59.2 Å². The Hall–Kier alpha value is -2.48. The van der Waals surface area contributed by atoms with E-state index in [2.05, 4.69) is 5.32 Å². The van der Waals surface area contributed by atoms with Gasteiger partial charge in [0.1, 0.15) is 17.2 Å². The molecule has 0 radical (unpaired) electrons. The second-order valence-corrected chi connectivity index (χ2v) is 8.40. The first-order chi connectivity index (χ1) is 12.8. The lowest BCUT2D eigenvalue weighted by Crippen LogP contribution is -2.37. The standard InChI is InChI=1S/C19H20F2N2O3S/c1-2-11-27(25,26)23-10-4-5-13-8-9-14(12-17(13)23)22-19(24)18-15(20)6-3-7-16(18)21/h3,6-9,12H,2,4-5,10-11H2,1H3,(H,22,24). The molecule has 0 saturated heterocycles. The summed E-state index contributed by atoms with van der Waals surface area (Å²) >= 11 is 0. The number of rotatable bonds is 5. The molecular weight excluding hydrogens is 374 g/mol. The number of amides is 1. The van der Waals surface area contributed by atoms with Gasteiger partial charge in [0.05, 0.1) is 11.4 Å². The Kier molecular flexibility index (Phi) is 5.46. The highest BCUT2D eigenvalue weighted by molar-refractivity contribution is 7.92. The van der Waals surface area contributed by atoms with Crippen molar-refractivity contribution in [3.63, 3.8) is 0 Å². The summed E-state index contributed by atoms with van der Waals surface area (Å²) in [6, 6.07) is 8.06. The van der Waals surface area contributed by atoms with Gasteiger partial charge in [-0.15, -0.1) is 0 Å². The monoisotopic (exact) mass is 394 g/mol. The number of halogens is 2. The SMILES string of the molecule is CCCS(=O)(=O)N1CCCc2ccc(NC(=O)c3c(F)cccc3F)cc21. The summed E-state index contributed by atoms with van der Waals surface area (Å²) in [5.41, 5.74) is 0.961. The van der Waals surface area contributed by atoms with Crippen LogP contribution in [0.2, 0.25) is 0 Å². The summed E-state index contributed by atoms with van der Waals surface area (Å²) in [4.78, 5) is 12.3. The van der Waals surface area contributed by atoms with Gasteiger partial charge < -0.3 is 5.32 Å². The number of fused-ring (bicyclic) bond motifs is 1. The number of sulfonamides is 1. The highest BCUT2D eigenvalue weighted by Gasteiger charge is 2.27. The van der Waals surface area contributed by atoms with Crippen molar-refractivity contribution < 1.29 is 22.0 Å². The average molecular weight is 394 g/mol. The summed E-state index contributed by atoms with van der Waals surface area (Å²) in [7, 11) is -3.46.